The number of esters is 4. The topological polar surface area (TPSA) is 172 Å². The highest BCUT2D eigenvalue weighted by Gasteiger charge is 2.53. The molecule has 4 rings (SSSR count). The van der Waals surface area contributed by atoms with Gasteiger partial charge in [0, 0.05) is 57.1 Å². The molecule has 0 aliphatic carbocycles. The van der Waals surface area contributed by atoms with E-state index in [0.29, 0.717) is 16.6 Å². The van der Waals surface area contributed by atoms with Gasteiger partial charge in [0.1, 0.15) is 18.5 Å². The van der Waals surface area contributed by atoms with E-state index in [1.165, 1.54) is 25.1 Å². The summed E-state index contributed by atoms with van der Waals surface area (Å²) in [5, 5.41) is 11.9. The first-order valence-electron chi connectivity index (χ1n) is 12.9. The lowest BCUT2D eigenvalue weighted by atomic mass is 9.98. The molecule has 1 fully saturated rings. The Labute approximate surface area is 249 Å². The van der Waals surface area contributed by atoms with Crippen LogP contribution in [0.15, 0.2) is 48.7 Å². The number of benzene rings is 2. The third-order valence-corrected chi connectivity index (χ3v) is 6.56. The van der Waals surface area contributed by atoms with Gasteiger partial charge in [0.2, 0.25) is 12.4 Å². The molecule has 0 amide bonds. The number of halogens is 1. The summed E-state index contributed by atoms with van der Waals surface area (Å²) in [5.41, 5.74) is 1.24. The molecule has 0 bridgehead atoms. The summed E-state index contributed by atoms with van der Waals surface area (Å²) in [4.78, 5) is 58.2. The number of ether oxygens (including phenoxy) is 6. The molecule has 1 aliphatic heterocycles. The molecule has 3 aromatic rings. The van der Waals surface area contributed by atoms with Gasteiger partial charge in [0.05, 0.1) is 15.5 Å². The Balaban J connectivity index is 1.68. The summed E-state index contributed by atoms with van der Waals surface area (Å²) < 4.78 is 35.0. The first-order valence-corrected chi connectivity index (χ1v) is 13.2. The number of non-ortho nitro benzene ring substituents is 1. The lowest BCUT2D eigenvalue weighted by Gasteiger charge is -2.44. The zero-order valence-corrected chi connectivity index (χ0v) is 24.1. The maximum Gasteiger partial charge on any atom is 0.303 e. The number of aromatic nitrogens is 1. The van der Waals surface area contributed by atoms with Crippen molar-refractivity contribution in [1.82, 2.24) is 4.57 Å². The number of fused-ring (bicyclic) bond motifs is 1. The second kappa shape index (κ2) is 13.1. The van der Waals surface area contributed by atoms with Gasteiger partial charge in [0.15, 0.2) is 12.2 Å². The van der Waals surface area contributed by atoms with Crippen molar-refractivity contribution in [3.63, 3.8) is 0 Å². The van der Waals surface area contributed by atoms with E-state index in [0.717, 1.165) is 20.8 Å². The Morgan fingerprint density at radius 3 is 2.14 bits per heavy atom. The molecule has 0 saturated carbocycles. The van der Waals surface area contributed by atoms with Crippen LogP contribution in [0.3, 0.4) is 0 Å². The van der Waals surface area contributed by atoms with Crippen LogP contribution in [-0.4, -0.2) is 70.7 Å². The average molecular weight is 619 g/mol. The van der Waals surface area contributed by atoms with Gasteiger partial charge in [-0.15, -0.1) is 0 Å². The SMILES string of the molecule is CC(=O)OCC1O[C@H](Oc2ccc(-n3ccc4cc([N+](=O)[O-])ccc43)cc2Cl)[C@H](OC(C)=O)C(OC(C)=O)[C@@H]1OC(C)=O. The summed E-state index contributed by atoms with van der Waals surface area (Å²) in [6, 6.07) is 10.9. The fraction of sp³-hybridized carbons (Fsp3) is 0.357. The highest BCUT2D eigenvalue weighted by molar-refractivity contribution is 6.32. The van der Waals surface area contributed by atoms with Gasteiger partial charge >= 0.3 is 23.9 Å². The van der Waals surface area contributed by atoms with Gasteiger partial charge < -0.3 is 33.0 Å². The number of nitro groups is 1. The first kappa shape index (κ1) is 31.3. The molecule has 1 saturated heterocycles. The first-order chi connectivity index (χ1) is 20.3. The zero-order chi connectivity index (χ0) is 31.4. The lowest BCUT2D eigenvalue weighted by Crippen LogP contribution is -2.63. The molecule has 0 radical (unpaired) electrons. The zero-order valence-electron chi connectivity index (χ0n) is 23.4. The largest absolute Gasteiger partial charge is 0.463 e. The van der Waals surface area contributed by atoms with Crippen LogP contribution in [-0.2, 0) is 42.9 Å². The number of hydrogen-bond acceptors (Lipinski definition) is 12. The number of hydrogen-bond donors (Lipinski definition) is 0. The molecule has 1 aliphatic rings. The van der Waals surface area contributed by atoms with Gasteiger partial charge in [-0.25, -0.2) is 0 Å². The molecule has 14 nitrogen and oxygen atoms in total. The second-order valence-corrected chi connectivity index (χ2v) is 9.89. The Hall–Kier alpha value is -4.69. The Bertz CT molecular complexity index is 1570. The van der Waals surface area contributed by atoms with Crippen LogP contribution in [0, 0.1) is 10.1 Å². The van der Waals surface area contributed by atoms with Gasteiger partial charge in [-0.1, -0.05) is 11.6 Å². The van der Waals surface area contributed by atoms with E-state index in [-0.39, 0.29) is 16.5 Å². The summed E-state index contributed by atoms with van der Waals surface area (Å²) >= 11 is 6.58. The van der Waals surface area contributed by atoms with E-state index >= 15 is 0 Å². The van der Waals surface area contributed by atoms with Gasteiger partial charge in [0.25, 0.3) is 5.69 Å². The number of carbonyl (C=O) groups excluding carboxylic acids is 4. The molecule has 0 spiro atoms. The van der Waals surface area contributed by atoms with E-state index < -0.39 is 66.1 Å². The summed E-state index contributed by atoms with van der Waals surface area (Å²) in [7, 11) is 0. The minimum absolute atomic E-state index is 0.0446. The van der Waals surface area contributed by atoms with Crippen LogP contribution in [0.2, 0.25) is 5.02 Å². The average Bonchev–Trinajstić information content (AvgIpc) is 3.34. The van der Waals surface area contributed by atoms with Gasteiger partial charge in [-0.05, 0) is 30.3 Å². The van der Waals surface area contributed by atoms with Crippen molar-refractivity contribution in [1.29, 1.82) is 0 Å². The van der Waals surface area contributed by atoms with Crippen molar-refractivity contribution in [2.45, 2.75) is 58.4 Å². The van der Waals surface area contributed by atoms with Crippen molar-refractivity contribution >= 4 is 52.1 Å². The summed E-state index contributed by atoms with van der Waals surface area (Å²) in [6.45, 7) is 4.10. The van der Waals surface area contributed by atoms with Crippen molar-refractivity contribution in [2.24, 2.45) is 0 Å². The Morgan fingerprint density at radius 1 is 0.884 bits per heavy atom. The van der Waals surface area contributed by atoms with Crippen molar-refractivity contribution < 1.29 is 52.5 Å². The van der Waals surface area contributed by atoms with E-state index in [9.17, 15) is 29.3 Å². The van der Waals surface area contributed by atoms with E-state index in [1.54, 1.807) is 35.0 Å². The quantitative estimate of drug-likeness (QED) is 0.148. The Morgan fingerprint density at radius 2 is 1.53 bits per heavy atom. The molecule has 15 heteroatoms. The van der Waals surface area contributed by atoms with Crippen LogP contribution in [0.4, 0.5) is 5.69 Å². The molecule has 2 unspecified atom stereocenters. The van der Waals surface area contributed by atoms with Crippen molar-refractivity contribution in [2.75, 3.05) is 6.61 Å². The minimum atomic E-state index is -1.46. The number of nitrogens with zero attached hydrogens (tertiary/aromatic N) is 2. The van der Waals surface area contributed by atoms with Crippen molar-refractivity contribution in [3.8, 4) is 11.4 Å². The van der Waals surface area contributed by atoms with Crippen molar-refractivity contribution in [3.05, 3.63) is 63.8 Å². The minimum Gasteiger partial charge on any atom is -0.463 e. The smallest absolute Gasteiger partial charge is 0.303 e. The second-order valence-electron chi connectivity index (χ2n) is 9.49. The van der Waals surface area contributed by atoms with Gasteiger partial charge in [-0.2, -0.15) is 0 Å². The molecular weight excluding hydrogens is 592 g/mol. The molecule has 5 atom stereocenters. The van der Waals surface area contributed by atoms with Crippen LogP contribution in [0.5, 0.6) is 5.75 Å². The highest BCUT2D eigenvalue weighted by atomic mass is 35.5. The maximum absolute atomic E-state index is 12.1. The summed E-state index contributed by atoms with van der Waals surface area (Å²) in [5.74, 6) is -2.89. The molecule has 2 heterocycles. The predicted octanol–water partition coefficient (Wildman–Crippen LogP) is 3.65. The number of carbonyl (C=O) groups is 4. The fourth-order valence-corrected chi connectivity index (χ4v) is 4.83. The monoisotopic (exact) mass is 618 g/mol. The molecule has 1 aromatic heterocycles. The van der Waals surface area contributed by atoms with Crippen LogP contribution in [0.25, 0.3) is 16.6 Å². The number of nitro benzene ring substituents is 1. The summed E-state index contributed by atoms with van der Waals surface area (Å²) in [6.07, 6.45) is -5.10. The van der Waals surface area contributed by atoms with Gasteiger partial charge in [-0.3, -0.25) is 29.3 Å². The van der Waals surface area contributed by atoms with E-state index in [2.05, 4.69) is 0 Å². The van der Waals surface area contributed by atoms with Crippen LogP contribution >= 0.6 is 11.6 Å². The Kier molecular flexibility index (Phi) is 9.51. The molecule has 2 aromatic carbocycles. The lowest BCUT2D eigenvalue weighted by molar-refractivity contribution is -0.384. The number of rotatable bonds is 9. The molecule has 228 valence electrons. The predicted molar refractivity (Wildman–Crippen MR) is 148 cm³/mol. The normalized spacial score (nSPS) is 21.5. The van der Waals surface area contributed by atoms with E-state index in [1.807, 2.05) is 0 Å². The highest BCUT2D eigenvalue weighted by Crippen LogP contribution is 2.35. The maximum atomic E-state index is 12.1. The third kappa shape index (κ3) is 7.40. The van der Waals surface area contributed by atoms with E-state index in [4.69, 9.17) is 40.0 Å². The molecule has 43 heavy (non-hydrogen) atoms. The van der Waals surface area contributed by atoms with Crippen LogP contribution < -0.4 is 4.74 Å². The molecular formula is C28H27ClN2O12. The third-order valence-electron chi connectivity index (χ3n) is 6.27. The molecule has 0 N–H and O–H groups in total. The standard InChI is InChI=1S/C28H27ClN2O12/c1-14(32)38-13-24-25(39-15(2)33)26(40-16(3)34)27(41-17(4)35)28(43-24)42-23-8-6-19(12-21(23)29)30-10-9-18-11-20(31(36)37)5-7-22(18)30/h5-12,24-28H,13H2,1-4H3/t24?,25-,26?,27-,28+/m1/s1. The fourth-order valence-electron chi connectivity index (χ4n) is 4.61. The van der Waals surface area contributed by atoms with Crippen LogP contribution in [0.1, 0.15) is 27.7 Å².